The molecular weight excluding hydrogens is 286 g/mol. The zero-order valence-electron chi connectivity index (χ0n) is 14.5. The second-order valence-corrected chi connectivity index (χ2v) is 6.90. The maximum Gasteiger partial charge on any atom is 0.224 e. The number of piperidine rings is 1. The molecule has 3 rings (SSSR count). The summed E-state index contributed by atoms with van der Waals surface area (Å²) in [5, 5.41) is 3.56. The lowest BCUT2D eigenvalue weighted by molar-refractivity contribution is 0.219. The van der Waals surface area contributed by atoms with Crippen LogP contribution in [0, 0.1) is 0 Å². The van der Waals surface area contributed by atoms with Crippen molar-refractivity contribution in [2.24, 2.45) is 0 Å². The Balaban J connectivity index is 1.55. The van der Waals surface area contributed by atoms with Gasteiger partial charge in [0.15, 0.2) is 0 Å². The Morgan fingerprint density at radius 2 is 1.83 bits per heavy atom. The summed E-state index contributed by atoms with van der Waals surface area (Å²) in [5.41, 5.74) is 0. The summed E-state index contributed by atoms with van der Waals surface area (Å²) in [4.78, 5) is 14.2. The lowest BCUT2D eigenvalue weighted by Crippen LogP contribution is -2.39. The summed E-state index contributed by atoms with van der Waals surface area (Å²) in [6.07, 6.45) is 10.8. The molecular formula is C18H31N5. The van der Waals surface area contributed by atoms with Gasteiger partial charge in [-0.05, 0) is 44.7 Å². The second-order valence-electron chi connectivity index (χ2n) is 6.90. The predicted molar refractivity (Wildman–Crippen MR) is 96.1 cm³/mol. The molecule has 0 bridgehead atoms. The SMILES string of the molecule is CCCN1CCC(Nc2nccc(N3CCCCCC3)n2)CC1. The molecule has 2 aliphatic heterocycles. The third kappa shape index (κ3) is 4.80. The molecule has 5 heteroatoms. The first-order chi connectivity index (χ1) is 11.3. The van der Waals surface area contributed by atoms with Gasteiger partial charge < -0.3 is 15.1 Å². The Labute approximate surface area is 140 Å². The highest BCUT2D eigenvalue weighted by molar-refractivity contribution is 5.43. The van der Waals surface area contributed by atoms with Crippen LogP contribution in [0.2, 0.25) is 0 Å². The fourth-order valence-electron chi connectivity index (χ4n) is 3.69. The van der Waals surface area contributed by atoms with E-state index < -0.39 is 0 Å². The minimum Gasteiger partial charge on any atom is -0.356 e. The van der Waals surface area contributed by atoms with E-state index in [2.05, 4.69) is 33.1 Å². The van der Waals surface area contributed by atoms with Gasteiger partial charge >= 0.3 is 0 Å². The molecule has 0 unspecified atom stereocenters. The van der Waals surface area contributed by atoms with E-state index in [0.717, 1.165) is 24.9 Å². The molecule has 128 valence electrons. The molecule has 2 aliphatic rings. The first-order valence-electron chi connectivity index (χ1n) is 9.42. The van der Waals surface area contributed by atoms with Crippen LogP contribution in [0.3, 0.4) is 0 Å². The Morgan fingerprint density at radius 1 is 1.09 bits per heavy atom. The summed E-state index contributed by atoms with van der Waals surface area (Å²) in [7, 11) is 0. The number of rotatable bonds is 5. The number of anilines is 2. The van der Waals surface area contributed by atoms with Crippen molar-refractivity contribution in [3.8, 4) is 0 Å². The molecule has 23 heavy (non-hydrogen) atoms. The summed E-state index contributed by atoms with van der Waals surface area (Å²) in [6.45, 7) is 8.13. The molecule has 1 aromatic heterocycles. The van der Waals surface area contributed by atoms with Gasteiger partial charge in [-0.1, -0.05) is 19.8 Å². The Hall–Kier alpha value is -1.36. The fourth-order valence-corrected chi connectivity index (χ4v) is 3.69. The molecule has 0 amide bonds. The van der Waals surface area contributed by atoms with Crippen LogP contribution in [0.1, 0.15) is 51.9 Å². The molecule has 0 spiro atoms. The zero-order valence-corrected chi connectivity index (χ0v) is 14.5. The average molecular weight is 317 g/mol. The van der Waals surface area contributed by atoms with E-state index in [0.29, 0.717) is 6.04 Å². The summed E-state index contributed by atoms with van der Waals surface area (Å²) in [6, 6.07) is 2.57. The highest BCUT2D eigenvalue weighted by atomic mass is 15.2. The Bertz CT molecular complexity index is 462. The Morgan fingerprint density at radius 3 is 2.52 bits per heavy atom. The van der Waals surface area contributed by atoms with Crippen molar-refractivity contribution in [2.45, 2.75) is 57.9 Å². The topological polar surface area (TPSA) is 44.3 Å². The normalized spacial score (nSPS) is 21.2. The van der Waals surface area contributed by atoms with Crippen LogP contribution < -0.4 is 10.2 Å². The monoisotopic (exact) mass is 317 g/mol. The van der Waals surface area contributed by atoms with Gasteiger partial charge in [0.2, 0.25) is 5.95 Å². The standard InChI is InChI=1S/C18H31N5/c1-2-11-22-14-8-16(9-15-22)20-18-19-10-7-17(21-18)23-12-5-3-4-6-13-23/h7,10,16H,2-6,8-9,11-15H2,1H3,(H,19,20,21). The van der Waals surface area contributed by atoms with Gasteiger partial charge in [0.1, 0.15) is 5.82 Å². The molecule has 0 aliphatic carbocycles. The zero-order chi connectivity index (χ0) is 15.9. The number of hydrogen-bond donors (Lipinski definition) is 1. The molecule has 1 aromatic rings. The van der Waals surface area contributed by atoms with Crippen molar-refractivity contribution in [3.05, 3.63) is 12.3 Å². The number of nitrogens with one attached hydrogen (secondary N) is 1. The third-order valence-electron chi connectivity index (χ3n) is 5.03. The van der Waals surface area contributed by atoms with E-state index in [1.807, 2.05) is 6.20 Å². The van der Waals surface area contributed by atoms with Crippen LogP contribution in [-0.2, 0) is 0 Å². The third-order valence-corrected chi connectivity index (χ3v) is 5.03. The highest BCUT2D eigenvalue weighted by Crippen LogP contribution is 2.19. The van der Waals surface area contributed by atoms with Crippen molar-refractivity contribution in [3.63, 3.8) is 0 Å². The van der Waals surface area contributed by atoms with Gasteiger partial charge in [0.25, 0.3) is 0 Å². The molecule has 0 aromatic carbocycles. The van der Waals surface area contributed by atoms with Crippen molar-refractivity contribution in [2.75, 3.05) is 42.9 Å². The molecule has 0 saturated carbocycles. The molecule has 2 saturated heterocycles. The highest BCUT2D eigenvalue weighted by Gasteiger charge is 2.19. The summed E-state index contributed by atoms with van der Waals surface area (Å²) < 4.78 is 0. The van der Waals surface area contributed by atoms with Crippen molar-refractivity contribution in [1.82, 2.24) is 14.9 Å². The molecule has 3 heterocycles. The Kier molecular flexibility index (Phi) is 6.08. The van der Waals surface area contributed by atoms with Gasteiger partial charge in [0.05, 0.1) is 0 Å². The number of nitrogens with zero attached hydrogens (tertiary/aromatic N) is 4. The number of likely N-dealkylation sites (tertiary alicyclic amines) is 1. The van der Waals surface area contributed by atoms with E-state index in [9.17, 15) is 0 Å². The van der Waals surface area contributed by atoms with Crippen molar-refractivity contribution in [1.29, 1.82) is 0 Å². The van der Waals surface area contributed by atoms with Crippen LogP contribution in [0.25, 0.3) is 0 Å². The van der Waals surface area contributed by atoms with E-state index in [1.165, 1.54) is 64.6 Å². The maximum atomic E-state index is 4.78. The predicted octanol–water partition coefficient (Wildman–Crippen LogP) is 3.14. The minimum atomic E-state index is 0.516. The van der Waals surface area contributed by atoms with Crippen LogP contribution in [0.4, 0.5) is 11.8 Å². The minimum absolute atomic E-state index is 0.516. The smallest absolute Gasteiger partial charge is 0.224 e. The molecule has 1 N–H and O–H groups in total. The molecule has 0 atom stereocenters. The molecule has 2 fully saturated rings. The van der Waals surface area contributed by atoms with Crippen LogP contribution in [0.5, 0.6) is 0 Å². The van der Waals surface area contributed by atoms with Crippen molar-refractivity contribution < 1.29 is 0 Å². The van der Waals surface area contributed by atoms with E-state index >= 15 is 0 Å². The second kappa shape index (κ2) is 8.48. The first kappa shape index (κ1) is 16.5. The first-order valence-corrected chi connectivity index (χ1v) is 9.42. The van der Waals surface area contributed by atoms with E-state index in [4.69, 9.17) is 4.98 Å². The van der Waals surface area contributed by atoms with Crippen LogP contribution >= 0.6 is 0 Å². The molecule has 0 radical (unpaired) electrons. The maximum absolute atomic E-state index is 4.78. The quantitative estimate of drug-likeness (QED) is 0.904. The average Bonchev–Trinajstić information content (AvgIpc) is 2.87. The fraction of sp³-hybridized carbons (Fsp3) is 0.778. The van der Waals surface area contributed by atoms with Gasteiger partial charge in [-0.15, -0.1) is 0 Å². The van der Waals surface area contributed by atoms with E-state index in [1.54, 1.807) is 0 Å². The summed E-state index contributed by atoms with van der Waals surface area (Å²) >= 11 is 0. The van der Waals surface area contributed by atoms with Gasteiger partial charge in [-0.3, -0.25) is 0 Å². The number of aromatic nitrogens is 2. The van der Waals surface area contributed by atoms with Crippen LogP contribution in [0.15, 0.2) is 12.3 Å². The van der Waals surface area contributed by atoms with Gasteiger partial charge in [-0.25, -0.2) is 4.98 Å². The summed E-state index contributed by atoms with van der Waals surface area (Å²) in [5.74, 6) is 1.90. The lowest BCUT2D eigenvalue weighted by atomic mass is 10.1. The van der Waals surface area contributed by atoms with E-state index in [-0.39, 0.29) is 0 Å². The largest absolute Gasteiger partial charge is 0.356 e. The van der Waals surface area contributed by atoms with Crippen molar-refractivity contribution >= 4 is 11.8 Å². The van der Waals surface area contributed by atoms with Crippen LogP contribution in [-0.4, -0.2) is 53.6 Å². The molecule has 5 nitrogen and oxygen atoms in total. The van der Waals surface area contributed by atoms with Gasteiger partial charge in [0, 0.05) is 38.4 Å². The van der Waals surface area contributed by atoms with Gasteiger partial charge in [-0.2, -0.15) is 4.98 Å². The lowest BCUT2D eigenvalue weighted by Gasteiger charge is -2.32. The number of hydrogen-bond acceptors (Lipinski definition) is 5.